The maximum atomic E-state index is 12.4. The maximum Gasteiger partial charge on any atom is 0.257 e. The molecule has 5 nitrogen and oxygen atoms in total. The van der Waals surface area contributed by atoms with E-state index in [0.29, 0.717) is 24.4 Å². The predicted molar refractivity (Wildman–Crippen MR) is 80.1 cm³/mol. The van der Waals surface area contributed by atoms with E-state index in [1.807, 2.05) is 25.7 Å². The van der Waals surface area contributed by atoms with Gasteiger partial charge in [0.15, 0.2) is 0 Å². The van der Waals surface area contributed by atoms with Crippen LogP contribution in [0.5, 0.6) is 0 Å². The predicted octanol–water partition coefficient (Wildman–Crippen LogP) is 2.27. The van der Waals surface area contributed by atoms with Gasteiger partial charge in [-0.15, -0.1) is 0 Å². The van der Waals surface area contributed by atoms with Crippen molar-refractivity contribution in [2.24, 2.45) is 5.92 Å². The topological polar surface area (TPSA) is 62.6 Å². The van der Waals surface area contributed by atoms with Crippen LogP contribution in [-0.2, 0) is 4.79 Å². The fourth-order valence-corrected chi connectivity index (χ4v) is 2.75. The summed E-state index contributed by atoms with van der Waals surface area (Å²) in [6, 6.07) is 1.79. The molecule has 2 heterocycles. The lowest BCUT2D eigenvalue weighted by Gasteiger charge is -2.31. The number of nitrogens with one attached hydrogen (secondary N) is 1. The van der Waals surface area contributed by atoms with Gasteiger partial charge in [-0.3, -0.25) is 9.59 Å². The molecule has 1 aromatic heterocycles. The lowest BCUT2D eigenvalue weighted by atomic mass is 9.95. The van der Waals surface area contributed by atoms with E-state index in [-0.39, 0.29) is 17.7 Å². The molecule has 0 radical (unpaired) electrons. The lowest BCUT2D eigenvalue weighted by molar-refractivity contribution is -0.126. The average molecular weight is 292 g/mol. The summed E-state index contributed by atoms with van der Waals surface area (Å²) in [7, 11) is 0. The van der Waals surface area contributed by atoms with E-state index in [1.165, 1.54) is 0 Å². The smallest absolute Gasteiger partial charge is 0.257 e. The second-order valence-electron chi connectivity index (χ2n) is 5.68. The van der Waals surface area contributed by atoms with E-state index in [1.54, 1.807) is 6.07 Å². The molecule has 0 spiro atoms. The first-order valence-electron chi connectivity index (χ1n) is 7.67. The Bertz CT molecular complexity index is 514. The standard InChI is InChI=1S/C16H24N2O3/c1-4-7-17-15(19)13-5-8-18(9-6-13)16(20)14-10-11(2)21-12(14)3/h10,13H,4-9H2,1-3H3,(H,17,19). The highest BCUT2D eigenvalue weighted by atomic mass is 16.3. The van der Waals surface area contributed by atoms with Crippen LogP contribution in [0.3, 0.4) is 0 Å². The summed E-state index contributed by atoms with van der Waals surface area (Å²) in [5.41, 5.74) is 0.640. The van der Waals surface area contributed by atoms with Gasteiger partial charge < -0.3 is 14.6 Å². The second kappa shape index (κ2) is 6.78. The first-order chi connectivity index (χ1) is 10.0. The van der Waals surface area contributed by atoms with E-state index in [2.05, 4.69) is 5.32 Å². The summed E-state index contributed by atoms with van der Waals surface area (Å²) in [4.78, 5) is 26.2. The van der Waals surface area contributed by atoms with Crippen molar-refractivity contribution >= 4 is 11.8 Å². The van der Waals surface area contributed by atoms with Crippen LogP contribution in [0.15, 0.2) is 10.5 Å². The number of rotatable bonds is 4. The average Bonchev–Trinajstić information content (AvgIpc) is 2.83. The third-order valence-electron chi connectivity index (χ3n) is 3.97. The van der Waals surface area contributed by atoms with Crippen LogP contribution in [-0.4, -0.2) is 36.3 Å². The van der Waals surface area contributed by atoms with E-state index in [0.717, 1.165) is 31.6 Å². The second-order valence-corrected chi connectivity index (χ2v) is 5.68. The number of likely N-dealkylation sites (tertiary alicyclic amines) is 1. The van der Waals surface area contributed by atoms with E-state index in [4.69, 9.17) is 4.42 Å². The summed E-state index contributed by atoms with van der Waals surface area (Å²) in [6.45, 7) is 7.68. The van der Waals surface area contributed by atoms with Crippen molar-refractivity contribution in [3.05, 3.63) is 23.2 Å². The molecule has 2 amide bonds. The Morgan fingerprint density at radius 3 is 2.52 bits per heavy atom. The molecule has 1 aromatic rings. The van der Waals surface area contributed by atoms with Gasteiger partial charge in [-0.1, -0.05) is 6.92 Å². The fourth-order valence-electron chi connectivity index (χ4n) is 2.75. The van der Waals surface area contributed by atoms with Gasteiger partial charge in [-0.05, 0) is 39.2 Å². The third-order valence-corrected chi connectivity index (χ3v) is 3.97. The molecule has 0 saturated carbocycles. The zero-order valence-corrected chi connectivity index (χ0v) is 13.1. The number of hydrogen-bond donors (Lipinski definition) is 1. The number of aryl methyl sites for hydroxylation is 2. The number of furan rings is 1. The van der Waals surface area contributed by atoms with Crippen LogP contribution < -0.4 is 5.32 Å². The fraction of sp³-hybridized carbons (Fsp3) is 0.625. The van der Waals surface area contributed by atoms with Crippen LogP contribution in [0.4, 0.5) is 0 Å². The molecule has 0 atom stereocenters. The SMILES string of the molecule is CCCNC(=O)C1CCN(C(=O)c2cc(C)oc2C)CC1. The van der Waals surface area contributed by atoms with Crippen molar-refractivity contribution < 1.29 is 14.0 Å². The molecule has 2 rings (SSSR count). The molecular formula is C16H24N2O3. The Balaban J connectivity index is 1.90. The highest BCUT2D eigenvalue weighted by Gasteiger charge is 2.28. The molecule has 0 unspecified atom stereocenters. The molecule has 1 aliphatic heterocycles. The minimum atomic E-state index is 0.0109. The van der Waals surface area contributed by atoms with E-state index < -0.39 is 0 Å². The summed E-state index contributed by atoms with van der Waals surface area (Å²) in [6.07, 6.45) is 2.41. The van der Waals surface area contributed by atoms with Gasteiger partial charge in [0, 0.05) is 25.6 Å². The largest absolute Gasteiger partial charge is 0.466 e. The summed E-state index contributed by atoms with van der Waals surface area (Å²) in [5.74, 6) is 1.59. The summed E-state index contributed by atoms with van der Waals surface area (Å²) < 4.78 is 5.42. The molecule has 1 aliphatic rings. The van der Waals surface area contributed by atoms with Crippen LogP contribution in [0.25, 0.3) is 0 Å². The highest BCUT2D eigenvalue weighted by Crippen LogP contribution is 2.22. The van der Waals surface area contributed by atoms with Gasteiger partial charge in [-0.25, -0.2) is 0 Å². The first-order valence-corrected chi connectivity index (χ1v) is 7.67. The number of nitrogens with zero attached hydrogens (tertiary/aromatic N) is 1. The quantitative estimate of drug-likeness (QED) is 0.926. The number of amides is 2. The van der Waals surface area contributed by atoms with Crippen molar-refractivity contribution in [1.82, 2.24) is 10.2 Å². The Kier molecular flexibility index (Phi) is 5.04. The van der Waals surface area contributed by atoms with E-state index in [9.17, 15) is 9.59 Å². The minimum Gasteiger partial charge on any atom is -0.466 e. The molecule has 1 N–H and O–H groups in total. The van der Waals surface area contributed by atoms with Crippen LogP contribution in [0.2, 0.25) is 0 Å². The number of carbonyl (C=O) groups excluding carboxylic acids is 2. The van der Waals surface area contributed by atoms with Gasteiger partial charge in [0.1, 0.15) is 11.5 Å². The maximum absolute atomic E-state index is 12.4. The Morgan fingerprint density at radius 2 is 2.00 bits per heavy atom. The van der Waals surface area contributed by atoms with Crippen molar-refractivity contribution in [3.8, 4) is 0 Å². The molecule has 0 aliphatic carbocycles. The van der Waals surface area contributed by atoms with Gasteiger partial charge >= 0.3 is 0 Å². The Morgan fingerprint density at radius 1 is 1.33 bits per heavy atom. The highest BCUT2D eigenvalue weighted by molar-refractivity contribution is 5.95. The number of carbonyl (C=O) groups is 2. The monoisotopic (exact) mass is 292 g/mol. The molecule has 1 fully saturated rings. The zero-order chi connectivity index (χ0) is 15.4. The third kappa shape index (κ3) is 3.65. The van der Waals surface area contributed by atoms with Gasteiger partial charge in [0.2, 0.25) is 5.91 Å². The molecule has 116 valence electrons. The molecule has 0 bridgehead atoms. The minimum absolute atomic E-state index is 0.0109. The Labute approximate surface area is 125 Å². The van der Waals surface area contributed by atoms with Crippen LogP contribution >= 0.6 is 0 Å². The van der Waals surface area contributed by atoms with E-state index >= 15 is 0 Å². The summed E-state index contributed by atoms with van der Waals surface area (Å²) >= 11 is 0. The molecular weight excluding hydrogens is 268 g/mol. The molecule has 5 heteroatoms. The van der Waals surface area contributed by atoms with Crippen LogP contribution in [0.1, 0.15) is 48.1 Å². The number of piperidine rings is 1. The number of hydrogen-bond acceptors (Lipinski definition) is 3. The molecule has 21 heavy (non-hydrogen) atoms. The normalized spacial score (nSPS) is 16.0. The van der Waals surface area contributed by atoms with Crippen LogP contribution in [0, 0.1) is 19.8 Å². The molecule has 0 aromatic carbocycles. The van der Waals surface area contributed by atoms with Gasteiger partial charge in [0.25, 0.3) is 5.91 Å². The van der Waals surface area contributed by atoms with Crippen molar-refractivity contribution in [3.63, 3.8) is 0 Å². The summed E-state index contributed by atoms with van der Waals surface area (Å²) in [5, 5.41) is 2.93. The first kappa shape index (κ1) is 15.6. The molecule has 1 saturated heterocycles. The van der Waals surface area contributed by atoms with Gasteiger partial charge in [0.05, 0.1) is 5.56 Å². The van der Waals surface area contributed by atoms with Crippen molar-refractivity contribution in [1.29, 1.82) is 0 Å². The lowest BCUT2D eigenvalue weighted by Crippen LogP contribution is -2.43. The van der Waals surface area contributed by atoms with Crippen molar-refractivity contribution in [2.45, 2.75) is 40.0 Å². The Hall–Kier alpha value is -1.78. The zero-order valence-electron chi connectivity index (χ0n) is 13.1. The van der Waals surface area contributed by atoms with Gasteiger partial charge in [-0.2, -0.15) is 0 Å². The van der Waals surface area contributed by atoms with Crippen molar-refractivity contribution in [2.75, 3.05) is 19.6 Å².